The molecule has 23 heavy (non-hydrogen) atoms. The van der Waals surface area contributed by atoms with Gasteiger partial charge in [0, 0.05) is 24.2 Å². The van der Waals surface area contributed by atoms with Crippen molar-refractivity contribution in [1.29, 1.82) is 0 Å². The third-order valence-corrected chi connectivity index (χ3v) is 4.04. The van der Waals surface area contributed by atoms with Gasteiger partial charge in [-0.25, -0.2) is 4.39 Å². The molecule has 120 valence electrons. The molecule has 0 aromatic heterocycles. The molecule has 3 rings (SSSR count). The Bertz CT molecular complexity index is 688. The summed E-state index contributed by atoms with van der Waals surface area (Å²) in [5, 5.41) is 0. The van der Waals surface area contributed by atoms with Crippen molar-refractivity contribution in [3.63, 3.8) is 0 Å². The molecule has 0 unspecified atom stereocenters. The molecule has 5 heteroatoms. The van der Waals surface area contributed by atoms with Gasteiger partial charge < -0.3 is 15.4 Å². The molecule has 2 aromatic carbocycles. The first-order valence-corrected chi connectivity index (χ1v) is 7.63. The average molecular weight is 314 g/mol. The molecule has 1 atom stereocenters. The molecule has 2 N–H and O–H groups in total. The van der Waals surface area contributed by atoms with Gasteiger partial charge in [-0.3, -0.25) is 4.79 Å². The first-order chi connectivity index (χ1) is 11.2. The molecular weight excluding hydrogens is 295 g/mol. The summed E-state index contributed by atoms with van der Waals surface area (Å²) in [5.41, 5.74) is 7.64. The lowest BCUT2D eigenvalue weighted by Gasteiger charge is -2.33. The Hall–Kier alpha value is -2.24. The van der Waals surface area contributed by atoms with Crippen LogP contribution >= 0.6 is 0 Å². The maximum absolute atomic E-state index is 13.9. The molecule has 0 radical (unpaired) electrons. The molecule has 1 aliphatic rings. The summed E-state index contributed by atoms with van der Waals surface area (Å²) in [6.07, 6.45) is -0.433. The van der Waals surface area contributed by atoms with E-state index in [4.69, 9.17) is 10.5 Å². The van der Waals surface area contributed by atoms with Crippen molar-refractivity contribution in [2.24, 2.45) is 5.73 Å². The summed E-state index contributed by atoms with van der Waals surface area (Å²) in [7, 11) is 0. The van der Waals surface area contributed by atoms with Gasteiger partial charge in [-0.1, -0.05) is 30.3 Å². The van der Waals surface area contributed by atoms with Crippen LogP contribution in [0, 0.1) is 5.82 Å². The van der Waals surface area contributed by atoms with Gasteiger partial charge in [0.1, 0.15) is 11.9 Å². The van der Waals surface area contributed by atoms with E-state index in [1.54, 1.807) is 35.2 Å². The van der Waals surface area contributed by atoms with Crippen molar-refractivity contribution in [2.45, 2.75) is 12.6 Å². The number of halogens is 1. The molecular formula is C18H19FN2O2. The maximum atomic E-state index is 13.9. The fourth-order valence-corrected chi connectivity index (χ4v) is 2.72. The Balaban J connectivity index is 1.75. The number of nitrogens with zero attached hydrogens (tertiary/aromatic N) is 1. The second kappa shape index (κ2) is 6.89. The van der Waals surface area contributed by atoms with Crippen molar-refractivity contribution >= 4 is 5.91 Å². The molecule has 1 amide bonds. The fraction of sp³-hybridized carbons (Fsp3) is 0.278. The zero-order chi connectivity index (χ0) is 16.2. The van der Waals surface area contributed by atoms with E-state index in [2.05, 4.69) is 0 Å². The predicted octanol–water partition coefficient (Wildman–Crippen LogP) is 2.50. The van der Waals surface area contributed by atoms with Gasteiger partial charge in [-0.2, -0.15) is 0 Å². The Morgan fingerprint density at radius 3 is 2.65 bits per heavy atom. The lowest BCUT2D eigenvalue weighted by atomic mass is 10.1. The topological polar surface area (TPSA) is 55.6 Å². The summed E-state index contributed by atoms with van der Waals surface area (Å²) in [6.45, 7) is 1.69. The van der Waals surface area contributed by atoms with Gasteiger partial charge in [0.2, 0.25) is 0 Å². The third-order valence-electron chi connectivity index (χ3n) is 4.04. The van der Waals surface area contributed by atoms with Gasteiger partial charge in [0.05, 0.1) is 13.2 Å². The average Bonchev–Trinajstić information content (AvgIpc) is 2.62. The largest absolute Gasteiger partial charge is 0.370 e. The number of hydrogen-bond donors (Lipinski definition) is 1. The Labute approximate surface area is 134 Å². The maximum Gasteiger partial charge on any atom is 0.254 e. The highest BCUT2D eigenvalue weighted by atomic mass is 19.1. The van der Waals surface area contributed by atoms with E-state index < -0.39 is 6.10 Å². The summed E-state index contributed by atoms with van der Waals surface area (Å²) in [5.74, 6) is -0.377. The molecule has 1 heterocycles. The summed E-state index contributed by atoms with van der Waals surface area (Å²) >= 11 is 0. The van der Waals surface area contributed by atoms with Gasteiger partial charge in [-0.15, -0.1) is 0 Å². The second-order valence-electron chi connectivity index (χ2n) is 5.53. The number of benzene rings is 2. The molecule has 0 bridgehead atoms. The summed E-state index contributed by atoms with van der Waals surface area (Å²) < 4.78 is 19.6. The van der Waals surface area contributed by atoms with Crippen molar-refractivity contribution in [1.82, 2.24) is 4.90 Å². The zero-order valence-corrected chi connectivity index (χ0v) is 12.7. The standard InChI is InChI=1S/C18H19FN2O2/c19-16-4-2-1-3-15(16)17-12-21(9-10-23-17)18(22)14-7-5-13(11-20)6-8-14/h1-8,17H,9-12,20H2/t17-/m0/s1. The summed E-state index contributed by atoms with van der Waals surface area (Å²) in [6, 6.07) is 13.8. The number of morpholine rings is 1. The fourth-order valence-electron chi connectivity index (χ4n) is 2.72. The minimum atomic E-state index is -0.433. The number of hydrogen-bond acceptors (Lipinski definition) is 3. The summed E-state index contributed by atoms with van der Waals surface area (Å²) in [4.78, 5) is 14.3. The first kappa shape index (κ1) is 15.6. The van der Waals surface area contributed by atoms with E-state index in [-0.39, 0.29) is 11.7 Å². The lowest BCUT2D eigenvalue weighted by Crippen LogP contribution is -2.42. The Morgan fingerprint density at radius 1 is 1.22 bits per heavy atom. The van der Waals surface area contributed by atoms with Crippen molar-refractivity contribution < 1.29 is 13.9 Å². The third kappa shape index (κ3) is 3.41. The van der Waals surface area contributed by atoms with Crippen molar-refractivity contribution in [2.75, 3.05) is 19.7 Å². The Morgan fingerprint density at radius 2 is 1.96 bits per heavy atom. The minimum absolute atomic E-state index is 0.0711. The van der Waals surface area contributed by atoms with E-state index in [0.29, 0.717) is 37.4 Å². The normalized spacial score (nSPS) is 18.0. The highest BCUT2D eigenvalue weighted by Crippen LogP contribution is 2.25. The van der Waals surface area contributed by atoms with Crippen LogP contribution in [-0.2, 0) is 11.3 Å². The van der Waals surface area contributed by atoms with Crippen LogP contribution in [0.5, 0.6) is 0 Å². The van der Waals surface area contributed by atoms with Crippen LogP contribution in [0.25, 0.3) is 0 Å². The number of ether oxygens (including phenoxy) is 1. The van der Waals surface area contributed by atoms with E-state index in [9.17, 15) is 9.18 Å². The van der Waals surface area contributed by atoms with Crippen LogP contribution in [0.1, 0.15) is 27.6 Å². The van der Waals surface area contributed by atoms with Gasteiger partial charge in [0.25, 0.3) is 5.91 Å². The predicted molar refractivity (Wildman–Crippen MR) is 85.3 cm³/mol. The van der Waals surface area contributed by atoms with Crippen molar-refractivity contribution in [3.05, 3.63) is 71.0 Å². The molecule has 4 nitrogen and oxygen atoms in total. The van der Waals surface area contributed by atoms with Gasteiger partial charge in [0.15, 0.2) is 0 Å². The zero-order valence-electron chi connectivity index (χ0n) is 12.7. The molecule has 2 aromatic rings. The van der Waals surface area contributed by atoms with Crippen LogP contribution < -0.4 is 5.73 Å². The minimum Gasteiger partial charge on any atom is -0.370 e. The molecule has 1 aliphatic heterocycles. The highest BCUT2D eigenvalue weighted by molar-refractivity contribution is 5.94. The molecule has 0 saturated carbocycles. The van der Waals surface area contributed by atoms with Gasteiger partial charge in [-0.05, 0) is 23.8 Å². The SMILES string of the molecule is NCc1ccc(C(=O)N2CCO[C@H](c3ccccc3F)C2)cc1. The van der Waals surface area contributed by atoms with Crippen LogP contribution in [0.15, 0.2) is 48.5 Å². The number of amides is 1. The molecule has 1 saturated heterocycles. The first-order valence-electron chi connectivity index (χ1n) is 7.63. The number of carbonyl (C=O) groups excluding carboxylic acids is 1. The van der Waals surface area contributed by atoms with E-state index in [1.165, 1.54) is 6.07 Å². The molecule has 0 aliphatic carbocycles. The number of nitrogens with two attached hydrogens (primary N) is 1. The van der Waals surface area contributed by atoms with Crippen molar-refractivity contribution in [3.8, 4) is 0 Å². The molecule has 1 fully saturated rings. The second-order valence-corrected chi connectivity index (χ2v) is 5.53. The highest BCUT2D eigenvalue weighted by Gasteiger charge is 2.27. The van der Waals surface area contributed by atoms with Crippen LogP contribution in [0.4, 0.5) is 4.39 Å². The molecule has 0 spiro atoms. The smallest absolute Gasteiger partial charge is 0.254 e. The number of rotatable bonds is 3. The van der Waals surface area contributed by atoms with E-state index in [1.807, 2.05) is 12.1 Å². The lowest BCUT2D eigenvalue weighted by molar-refractivity contribution is -0.0243. The van der Waals surface area contributed by atoms with Gasteiger partial charge >= 0.3 is 0 Å². The van der Waals surface area contributed by atoms with Crippen LogP contribution in [-0.4, -0.2) is 30.5 Å². The Kier molecular flexibility index (Phi) is 4.69. The van der Waals surface area contributed by atoms with E-state index >= 15 is 0 Å². The quantitative estimate of drug-likeness (QED) is 0.947. The van der Waals surface area contributed by atoms with Crippen LogP contribution in [0.2, 0.25) is 0 Å². The number of carbonyl (C=O) groups is 1. The van der Waals surface area contributed by atoms with E-state index in [0.717, 1.165) is 5.56 Å². The monoisotopic (exact) mass is 314 g/mol. The van der Waals surface area contributed by atoms with Crippen LogP contribution in [0.3, 0.4) is 0 Å².